The van der Waals surface area contributed by atoms with Crippen molar-refractivity contribution in [1.82, 2.24) is 5.32 Å². The molecule has 1 aliphatic rings. The Bertz CT molecular complexity index is 395. The summed E-state index contributed by atoms with van der Waals surface area (Å²) in [6.07, 6.45) is 23.9. The van der Waals surface area contributed by atoms with Gasteiger partial charge in [0.25, 0.3) is 0 Å². The third kappa shape index (κ3) is 8.64. The summed E-state index contributed by atoms with van der Waals surface area (Å²) in [5.41, 5.74) is 1.49. The number of hydrogen-bond acceptors (Lipinski definition) is 2. The van der Waals surface area contributed by atoms with Crippen LogP contribution in [0.15, 0.2) is 24.4 Å². The molecule has 0 aliphatic carbocycles. The van der Waals surface area contributed by atoms with E-state index in [0.717, 1.165) is 12.8 Å². The minimum absolute atomic E-state index is 0.247. The van der Waals surface area contributed by atoms with Crippen molar-refractivity contribution in [3.05, 3.63) is 24.4 Å². The van der Waals surface area contributed by atoms with Crippen LogP contribution in [0.4, 0.5) is 0 Å². The Morgan fingerprint density at radius 1 is 0.769 bits per heavy atom. The SMILES string of the molecule is C=C1NC(C(CC)(CC)CCCCCCCCCCCCCCC)=CO1. The first-order chi connectivity index (χ1) is 12.7. The van der Waals surface area contributed by atoms with Gasteiger partial charge >= 0.3 is 0 Å². The van der Waals surface area contributed by atoms with Gasteiger partial charge in [0, 0.05) is 5.41 Å². The molecule has 0 saturated carbocycles. The van der Waals surface area contributed by atoms with Gasteiger partial charge in [-0.1, -0.05) is 104 Å². The quantitative estimate of drug-likeness (QED) is 0.263. The van der Waals surface area contributed by atoms with E-state index >= 15 is 0 Å². The van der Waals surface area contributed by atoms with Crippen LogP contribution in [0.1, 0.15) is 124 Å². The minimum atomic E-state index is 0.247. The van der Waals surface area contributed by atoms with E-state index in [0.29, 0.717) is 5.88 Å². The second kappa shape index (κ2) is 14.2. The van der Waals surface area contributed by atoms with Crippen LogP contribution < -0.4 is 5.32 Å². The Kier molecular flexibility index (Phi) is 12.6. The van der Waals surface area contributed by atoms with Crippen molar-refractivity contribution in [1.29, 1.82) is 0 Å². The fourth-order valence-electron chi connectivity index (χ4n) is 4.20. The predicted octanol–water partition coefficient (Wildman–Crippen LogP) is 8.21. The standard InChI is InChI=1S/C24H45NO/c1-5-8-9-10-11-12-13-14-15-16-17-18-19-20-24(6-2,7-3)23-21-26-22(4)25-23/h21,25H,4-20H2,1-3H3. The Morgan fingerprint density at radius 3 is 1.62 bits per heavy atom. The first-order valence-electron chi connectivity index (χ1n) is 11.5. The number of rotatable bonds is 17. The van der Waals surface area contributed by atoms with E-state index in [-0.39, 0.29) is 5.41 Å². The fourth-order valence-corrected chi connectivity index (χ4v) is 4.20. The van der Waals surface area contributed by atoms with Gasteiger partial charge in [0.15, 0.2) is 5.88 Å². The molecular weight excluding hydrogens is 318 g/mol. The smallest absolute Gasteiger partial charge is 0.189 e. The van der Waals surface area contributed by atoms with Crippen LogP contribution in [-0.2, 0) is 4.74 Å². The lowest BCUT2D eigenvalue weighted by Crippen LogP contribution is -2.28. The third-order valence-corrected chi connectivity index (χ3v) is 6.28. The normalized spacial score (nSPS) is 14.3. The molecular formula is C24H45NO. The Morgan fingerprint density at radius 2 is 1.23 bits per heavy atom. The van der Waals surface area contributed by atoms with Crippen LogP contribution in [0.2, 0.25) is 0 Å². The average Bonchev–Trinajstić information content (AvgIpc) is 3.09. The second-order valence-electron chi connectivity index (χ2n) is 8.18. The van der Waals surface area contributed by atoms with E-state index in [1.165, 1.54) is 95.6 Å². The predicted molar refractivity (Wildman–Crippen MR) is 115 cm³/mol. The number of hydrogen-bond donors (Lipinski definition) is 1. The van der Waals surface area contributed by atoms with E-state index in [9.17, 15) is 0 Å². The van der Waals surface area contributed by atoms with E-state index in [1.807, 2.05) is 6.26 Å². The van der Waals surface area contributed by atoms with Gasteiger partial charge < -0.3 is 10.1 Å². The summed E-state index contributed by atoms with van der Waals surface area (Å²) in [7, 11) is 0. The van der Waals surface area contributed by atoms with Crippen molar-refractivity contribution in [2.45, 2.75) is 124 Å². The van der Waals surface area contributed by atoms with Crippen LogP contribution in [0.25, 0.3) is 0 Å². The first-order valence-corrected chi connectivity index (χ1v) is 11.5. The molecule has 0 fully saturated rings. The monoisotopic (exact) mass is 363 g/mol. The topological polar surface area (TPSA) is 21.3 Å². The van der Waals surface area contributed by atoms with Crippen LogP contribution in [0.5, 0.6) is 0 Å². The highest BCUT2D eigenvalue weighted by molar-refractivity contribution is 5.18. The molecule has 2 heteroatoms. The lowest BCUT2D eigenvalue weighted by atomic mass is 9.75. The maximum atomic E-state index is 5.43. The molecule has 1 heterocycles. The lowest BCUT2D eigenvalue weighted by molar-refractivity contribution is 0.277. The lowest BCUT2D eigenvalue weighted by Gasteiger charge is -2.32. The molecule has 0 aromatic heterocycles. The van der Waals surface area contributed by atoms with Gasteiger partial charge in [0.2, 0.25) is 0 Å². The Hall–Kier alpha value is -0.920. The number of unbranched alkanes of at least 4 members (excludes halogenated alkanes) is 12. The van der Waals surface area contributed by atoms with Gasteiger partial charge in [-0.3, -0.25) is 0 Å². The zero-order valence-electron chi connectivity index (χ0n) is 18.0. The van der Waals surface area contributed by atoms with Gasteiger partial charge in [0.05, 0.1) is 5.70 Å². The molecule has 0 aromatic rings. The zero-order valence-corrected chi connectivity index (χ0v) is 18.0. The summed E-state index contributed by atoms with van der Waals surface area (Å²) in [5.74, 6) is 0.677. The summed E-state index contributed by atoms with van der Waals surface area (Å²) in [6, 6.07) is 0. The summed E-state index contributed by atoms with van der Waals surface area (Å²) >= 11 is 0. The zero-order chi connectivity index (χ0) is 19.1. The molecule has 0 atom stereocenters. The summed E-state index contributed by atoms with van der Waals surface area (Å²) in [6.45, 7) is 10.8. The summed E-state index contributed by atoms with van der Waals surface area (Å²) in [4.78, 5) is 0. The van der Waals surface area contributed by atoms with Crippen molar-refractivity contribution < 1.29 is 4.74 Å². The van der Waals surface area contributed by atoms with E-state index in [4.69, 9.17) is 4.74 Å². The van der Waals surface area contributed by atoms with E-state index < -0.39 is 0 Å². The van der Waals surface area contributed by atoms with Crippen molar-refractivity contribution in [3.8, 4) is 0 Å². The molecule has 1 aliphatic heterocycles. The van der Waals surface area contributed by atoms with Crippen LogP contribution in [0, 0.1) is 5.41 Å². The molecule has 0 aromatic carbocycles. The average molecular weight is 364 g/mol. The van der Waals surface area contributed by atoms with Crippen molar-refractivity contribution in [3.63, 3.8) is 0 Å². The maximum absolute atomic E-state index is 5.43. The van der Waals surface area contributed by atoms with Crippen molar-refractivity contribution >= 4 is 0 Å². The van der Waals surface area contributed by atoms with Crippen molar-refractivity contribution in [2.24, 2.45) is 5.41 Å². The second-order valence-corrected chi connectivity index (χ2v) is 8.18. The number of nitrogens with one attached hydrogen (secondary N) is 1. The molecule has 2 nitrogen and oxygen atoms in total. The van der Waals surface area contributed by atoms with Crippen LogP contribution in [-0.4, -0.2) is 0 Å². The summed E-state index contributed by atoms with van der Waals surface area (Å²) < 4.78 is 5.43. The number of allylic oxidation sites excluding steroid dienone is 1. The first kappa shape index (κ1) is 23.1. The van der Waals surface area contributed by atoms with Gasteiger partial charge in [-0.2, -0.15) is 0 Å². The molecule has 0 unspecified atom stereocenters. The van der Waals surface area contributed by atoms with E-state index in [2.05, 4.69) is 32.7 Å². The Labute approximate surface area is 163 Å². The highest BCUT2D eigenvalue weighted by atomic mass is 16.5. The molecule has 1 rings (SSSR count). The molecule has 0 spiro atoms. The highest BCUT2D eigenvalue weighted by Gasteiger charge is 2.33. The van der Waals surface area contributed by atoms with E-state index in [1.54, 1.807) is 0 Å². The van der Waals surface area contributed by atoms with Crippen LogP contribution >= 0.6 is 0 Å². The Balaban J connectivity index is 2.02. The molecule has 0 amide bonds. The molecule has 0 saturated heterocycles. The van der Waals surface area contributed by atoms with Gasteiger partial charge in [-0.15, -0.1) is 0 Å². The van der Waals surface area contributed by atoms with Gasteiger partial charge in [-0.25, -0.2) is 0 Å². The highest BCUT2D eigenvalue weighted by Crippen LogP contribution is 2.41. The fraction of sp³-hybridized carbons (Fsp3) is 0.833. The van der Waals surface area contributed by atoms with Crippen LogP contribution in [0.3, 0.4) is 0 Å². The molecule has 1 N–H and O–H groups in total. The van der Waals surface area contributed by atoms with Gasteiger partial charge in [-0.05, 0) is 25.8 Å². The molecule has 152 valence electrons. The number of ether oxygens (including phenoxy) is 1. The summed E-state index contributed by atoms with van der Waals surface area (Å²) in [5, 5.41) is 3.34. The molecule has 0 bridgehead atoms. The third-order valence-electron chi connectivity index (χ3n) is 6.28. The maximum Gasteiger partial charge on any atom is 0.189 e. The largest absolute Gasteiger partial charge is 0.448 e. The minimum Gasteiger partial charge on any atom is -0.448 e. The molecule has 0 radical (unpaired) electrons. The van der Waals surface area contributed by atoms with Crippen molar-refractivity contribution in [2.75, 3.05) is 0 Å². The van der Waals surface area contributed by atoms with Gasteiger partial charge in [0.1, 0.15) is 6.26 Å². The molecule has 26 heavy (non-hydrogen) atoms.